The number of hydrogen-bond donors (Lipinski definition) is 3. The van der Waals surface area contributed by atoms with Gasteiger partial charge in [-0.2, -0.15) is 0 Å². The molecule has 1 aromatic heterocycles. The van der Waals surface area contributed by atoms with Crippen LogP contribution in [0.4, 0.5) is 17.3 Å². The summed E-state index contributed by atoms with van der Waals surface area (Å²) in [7, 11) is 0. The summed E-state index contributed by atoms with van der Waals surface area (Å²) < 4.78 is 5.55. The molecule has 1 aliphatic heterocycles. The molecule has 0 atom stereocenters. The quantitative estimate of drug-likeness (QED) is 0.259. The van der Waals surface area contributed by atoms with E-state index in [-0.39, 0.29) is 0 Å². The maximum atomic E-state index is 6.71. The van der Waals surface area contributed by atoms with Crippen molar-refractivity contribution in [1.29, 1.82) is 0 Å². The number of nitrogens with zero attached hydrogens (tertiary/aromatic N) is 4. The molecule has 0 amide bonds. The molecule has 1 aliphatic rings. The molecule has 0 radical (unpaired) electrons. The number of benzene rings is 2. The van der Waals surface area contributed by atoms with E-state index in [9.17, 15) is 0 Å². The van der Waals surface area contributed by atoms with Crippen molar-refractivity contribution in [2.45, 2.75) is 27.3 Å². The van der Waals surface area contributed by atoms with E-state index >= 15 is 0 Å². The summed E-state index contributed by atoms with van der Waals surface area (Å²) >= 11 is 6.71. The van der Waals surface area contributed by atoms with Crippen molar-refractivity contribution in [2.24, 2.45) is 10.7 Å². The van der Waals surface area contributed by atoms with Crippen molar-refractivity contribution in [3.8, 4) is 11.4 Å². The molecule has 2 aromatic carbocycles. The zero-order valence-corrected chi connectivity index (χ0v) is 21.2. The van der Waals surface area contributed by atoms with E-state index in [0.29, 0.717) is 47.0 Å². The highest BCUT2D eigenvalue weighted by molar-refractivity contribution is 6.33. The van der Waals surface area contributed by atoms with E-state index in [4.69, 9.17) is 42.8 Å². The minimum atomic E-state index is 0.298. The number of aliphatic imine (C=N–C) groups is 1. The molecule has 0 bridgehead atoms. The summed E-state index contributed by atoms with van der Waals surface area (Å²) in [5, 5.41) is 3.97. The van der Waals surface area contributed by atoms with Gasteiger partial charge in [0.25, 0.3) is 0 Å². The first-order chi connectivity index (χ1) is 16.9. The number of nitrogens with one attached hydrogen (secondary N) is 1. The lowest BCUT2D eigenvalue weighted by Crippen LogP contribution is -2.37. The van der Waals surface area contributed by atoms with E-state index in [1.54, 1.807) is 6.07 Å². The van der Waals surface area contributed by atoms with Crippen LogP contribution in [0.2, 0.25) is 5.02 Å². The van der Waals surface area contributed by atoms with Gasteiger partial charge in [0.1, 0.15) is 11.7 Å². The fourth-order valence-electron chi connectivity index (χ4n) is 4.05. The largest absolute Gasteiger partial charge is 0.398 e. The van der Waals surface area contributed by atoms with Gasteiger partial charge in [-0.15, -0.1) is 0 Å². The molecule has 9 heteroatoms. The van der Waals surface area contributed by atoms with Gasteiger partial charge in [0.15, 0.2) is 11.6 Å². The topological polar surface area (TPSA) is 115 Å². The number of amidine groups is 1. The molecule has 0 saturated carbocycles. The van der Waals surface area contributed by atoms with Gasteiger partial charge >= 0.3 is 0 Å². The number of ether oxygens (including phenoxy) is 1. The Labute approximate surface area is 211 Å². The van der Waals surface area contributed by atoms with Crippen LogP contribution in [-0.2, 0) is 11.3 Å². The third-order valence-electron chi connectivity index (χ3n) is 6.10. The third kappa shape index (κ3) is 5.56. The highest BCUT2D eigenvalue weighted by Crippen LogP contribution is 2.34. The number of hydrogen-bond acceptors (Lipinski definition) is 7. The second kappa shape index (κ2) is 11.0. The van der Waals surface area contributed by atoms with Crippen molar-refractivity contribution in [3.63, 3.8) is 0 Å². The normalized spacial score (nSPS) is 14.4. The van der Waals surface area contributed by atoms with Crippen LogP contribution in [0.25, 0.3) is 11.4 Å². The fourth-order valence-corrected chi connectivity index (χ4v) is 4.35. The zero-order chi connectivity index (χ0) is 24.9. The number of nitrogen functional groups attached to an aromatic ring is 1. The molecular formula is C26H32ClN7O. The molecule has 2 heterocycles. The molecule has 0 aliphatic carbocycles. The average molecular weight is 494 g/mol. The number of morpholine rings is 1. The number of aryl methyl sites for hydroxylation is 1. The highest BCUT2D eigenvalue weighted by Gasteiger charge is 2.21. The van der Waals surface area contributed by atoms with Gasteiger partial charge in [-0.1, -0.05) is 30.7 Å². The van der Waals surface area contributed by atoms with Gasteiger partial charge in [-0.3, -0.25) is 0 Å². The van der Waals surface area contributed by atoms with Crippen molar-refractivity contribution in [3.05, 3.63) is 63.7 Å². The molecule has 5 N–H and O–H groups in total. The first-order valence-corrected chi connectivity index (χ1v) is 12.2. The Balaban J connectivity index is 1.87. The summed E-state index contributed by atoms with van der Waals surface area (Å²) in [4.78, 5) is 16.7. The van der Waals surface area contributed by atoms with Gasteiger partial charge in [0.2, 0.25) is 0 Å². The smallest absolute Gasteiger partial charge is 0.165 e. The minimum Gasteiger partial charge on any atom is -0.398 e. The second-order valence-corrected chi connectivity index (χ2v) is 8.95. The standard InChI is InChI=1S/C26H32ClN7O/c1-4-30-15-18-14-20(21(27)13-16(18)2)25-32-24(31-23(29)19-7-5-6-8-22(19)28)17(3)26(33-25)34-9-11-35-12-10-34/h5-8,13-14,30H,4,9-12,15,28H2,1-3H3,(H2,29,31,32,33). The molecule has 0 spiro atoms. The lowest BCUT2D eigenvalue weighted by molar-refractivity contribution is 0.122. The first kappa shape index (κ1) is 24.9. The van der Waals surface area contributed by atoms with Crippen molar-refractivity contribution in [1.82, 2.24) is 15.3 Å². The molecule has 1 saturated heterocycles. The van der Waals surface area contributed by atoms with Crippen LogP contribution >= 0.6 is 11.6 Å². The Morgan fingerprint density at radius 3 is 2.63 bits per heavy atom. The Kier molecular flexibility index (Phi) is 7.85. The van der Waals surface area contributed by atoms with Crippen molar-refractivity contribution >= 4 is 34.8 Å². The molecule has 8 nitrogen and oxygen atoms in total. The van der Waals surface area contributed by atoms with Crippen LogP contribution in [0, 0.1) is 13.8 Å². The third-order valence-corrected chi connectivity index (χ3v) is 6.41. The van der Waals surface area contributed by atoms with Crippen LogP contribution in [-0.4, -0.2) is 48.7 Å². The first-order valence-electron chi connectivity index (χ1n) is 11.8. The van der Waals surface area contributed by atoms with E-state index < -0.39 is 0 Å². The molecular weight excluding hydrogens is 462 g/mol. The summed E-state index contributed by atoms with van der Waals surface area (Å²) in [6.07, 6.45) is 0. The summed E-state index contributed by atoms with van der Waals surface area (Å²) in [6, 6.07) is 11.4. The van der Waals surface area contributed by atoms with Gasteiger partial charge in [-0.25, -0.2) is 15.0 Å². The lowest BCUT2D eigenvalue weighted by atomic mass is 10.0. The van der Waals surface area contributed by atoms with Crippen LogP contribution in [0.1, 0.15) is 29.2 Å². The van der Waals surface area contributed by atoms with E-state index in [2.05, 4.69) is 30.1 Å². The van der Waals surface area contributed by atoms with Crippen LogP contribution in [0.15, 0.2) is 41.4 Å². The number of anilines is 2. The average Bonchev–Trinajstić information content (AvgIpc) is 2.85. The number of halogens is 1. The number of para-hydroxylation sites is 1. The lowest BCUT2D eigenvalue weighted by Gasteiger charge is -2.29. The number of aromatic nitrogens is 2. The van der Waals surface area contributed by atoms with Gasteiger partial charge < -0.3 is 26.4 Å². The van der Waals surface area contributed by atoms with Gasteiger partial charge in [-0.05, 0) is 55.8 Å². The SMILES string of the molecule is CCNCc1cc(-c2nc(/N=C(\N)c3ccccc3N)c(C)c(N3CCOCC3)n2)c(Cl)cc1C. The van der Waals surface area contributed by atoms with Gasteiger partial charge in [0, 0.05) is 42.0 Å². The maximum absolute atomic E-state index is 6.71. The molecule has 35 heavy (non-hydrogen) atoms. The summed E-state index contributed by atoms with van der Waals surface area (Å²) in [6.45, 7) is 10.4. The fraction of sp³-hybridized carbons (Fsp3) is 0.346. The Morgan fingerprint density at radius 1 is 1.17 bits per heavy atom. The van der Waals surface area contributed by atoms with E-state index in [1.807, 2.05) is 31.2 Å². The zero-order valence-electron chi connectivity index (χ0n) is 20.4. The van der Waals surface area contributed by atoms with E-state index in [1.165, 1.54) is 0 Å². The summed E-state index contributed by atoms with van der Waals surface area (Å²) in [5.41, 5.74) is 17.6. The molecule has 1 fully saturated rings. The van der Waals surface area contributed by atoms with Crippen molar-refractivity contribution in [2.75, 3.05) is 43.5 Å². The number of nitrogens with two attached hydrogens (primary N) is 2. The molecule has 0 unspecified atom stereocenters. The Hall–Kier alpha value is -3.20. The van der Waals surface area contributed by atoms with Crippen LogP contribution < -0.4 is 21.7 Å². The predicted molar refractivity (Wildman–Crippen MR) is 144 cm³/mol. The highest BCUT2D eigenvalue weighted by atomic mass is 35.5. The summed E-state index contributed by atoms with van der Waals surface area (Å²) in [5.74, 6) is 2.09. The number of rotatable bonds is 7. The minimum absolute atomic E-state index is 0.298. The van der Waals surface area contributed by atoms with Crippen molar-refractivity contribution < 1.29 is 4.74 Å². The Morgan fingerprint density at radius 2 is 1.91 bits per heavy atom. The molecule has 3 aromatic rings. The maximum Gasteiger partial charge on any atom is 0.165 e. The molecule has 4 rings (SSSR count). The Bertz CT molecular complexity index is 1240. The van der Waals surface area contributed by atoms with Crippen LogP contribution in [0.3, 0.4) is 0 Å². The monoisotopic (exact) mass is 493 g/mol. The predicted octanol–water partition coefficient (Wildman–Crippen LogP) is 3.98. The second-order valence-electron chi connectivity index (χ2n) is 8.54. The molecule has 184 valence electrons. The van der Waals surface area contributed by atoms with Gasteiger partial charge in [0.05, 0.1) is 18.2 Å². The van der Waals surface area contributed by atoms with Crippen LogP contribution in [0.5, 0.6) is 0 Å². The van der Waals surface area contributed by atoms with E-state index in [0.717, 1.165) is 54.3 Å².